The van der Waals surface area contributed by atoms with Crippen LogP contribution < -0.4 is 5.32 Å². The molecule has 0 atom stereocenters. The normalized spacial score (nSPS) is 24.7. The first-order chi connectivity index (χ1) is 7.20. The number of amides is 1. The van der Waals surface area contributed by atoms with Gasteiger partial charge in [-0.2, -0.15) is 0 Å². The molecule has 0 radical (unpaired) electrons. The van der Waals surface area contributed by atoms with Crippen LogP contribution in [0.4, 0.5) is 0 Å². The molecule has 1 amide bonds. The van der Waals surface area contributed by atoms with Gasteiger partial charge < -0.3 is 14.8 Å². The van der Waals surface area contributed by atoms with Gasteiger partial charge in [-0.1, -0.05) is 6.92 Å². The Balaban J connectivity index is 1.96. The van der Waals surface area contributed by atoms with Crippen LogP contribution in [-0.2, 0) is 6.42 Å². The molecule has 4 heteroatoms. The summed E-state index contributed by atoms with van der Waals surface area (Å²) in [7, 11) is 0. The van der Waals surface area contributed by atoms with Gasteiger partial charge in [-0.05, 0) is 18.9 Å². The standard InChI is InChI=1S/C11H15NO3/c1-2-10-9(3-4-15-10)11(14)12-7-5-8(13)6-7/h3-4,7-8,13H,2,5-6H2,1H3,(H,12,14). The molecule has 2 N–H and O–H groups in total. The molecular formula is C11H15NO3. The number of hydrogen-bond donors (Lipinski definition) is 2. The minimum Gasteiger partial charge on any atom is -0.469 e. The van der Waals surface area contributed by atoms with Gasteiger partial charge in [-0.25, -0.2) is 0 Å². The zero-order valence-corrected chi connectivity index (χ0v) is 8.69. The van der Waals surface area contributed by atoms with Crippen molar-refractivity contribution in [3.8, 4) is 0 Å². The van der Waals surface area contributed by atoms with Gasteiger partial charge >= 0.3 is 0 Å². The molecule has 1 fully saturated rings. The number of nitrogens with one attached hydrogen (secondary N) is 1. The maximum atomic E-state index is 11.7. The first kappa shape index (κ1) is 10.2. The molecule has 82 valence electrons. The quantitative estimate of drug-likeness (QED) is 0.783. The molecule has 1 aliphatic carbocycles. The van der Waals surface area contributed by atoms with Gasteiger partial charge in [-0.3, -0.25) is 4.79 Å². The summed E-state index contributed by atoms with van der Waals surface area (Å²) in [6.07, 6.45) is 3.31. The van der Waals surface area contributed by atoms with Crippen LogP contribution in [0.25, 0.3) is 0 Å². The molecule has 0 unspecified atom stereocenters. The Hall–Kier alpha value is -1.29. The zero-order chi connectivity index (χ0) is 10.8. The van der Waals surface area contributed by atoms with Crippen molar-refractivity contribution in [2.75, 3.05) is 0 Å². The van der Waals surface area contributed by atoms with Gasteiger partial charge in [0.25, 0.3) is 5.91 Å². The van der Waals surface area contributed by atoms with E-state index in [9.17, 15) is 4.79 Å². The second kappa shape index (κ2) is 4.06. The third-order valence-corrected chi connectivity index (χ3v) is 2.76. The SMILES string of the molecule is CCc1occc1C(=O)NC1CC(O)C1. The maximum Gasteiger partial charge on any atom is 0.255 e. The van der Waals surface area contributed by atoms with Crippen LogP contribution in [-0.4, -0.2) is 23.2 Å². The number of furan rings is 1. The summed E-state index contributed by atoms with van der Waals surface area (Å²) in [5.74, 6) is 0.616. The second-order valence-corrected chi connectivity index (χ2v) is 3.91. The molecule has 0 aliphatic heterocycles. The molecule has 0 bridgehead atoms. The number of carbonyl (C=O) groups excluding carboxylic acids is 1. The smallest absolute Gasteiger partial charge is 0.255 e. The van der Waals surface area contributed by atoms with Crippen molar-refractivity contribution in [3.05, 3.63) is 23.7 Å². The van der Waals surface area contributed by atoms with Crippen molar-refractivity contribution in [3.63, 3.8) is 0 Å². The van der Waals surface area contributed by atoms with E-state index in [-0.39, 0.29) is 18.1 Å². The molecule has 1 saturated carbocycles. The fraction of sp³-hybridized carbons (Fsp3) is 0.545. The van der Waals surface area contributed by atoms with Crippen molar-refractivity contribution in [2.45, 2.75) is 38.3 Å². The van der Waals surface area contributed by atoms with Crippen LogP contribution >= 0.6 is 0 Å². The van der Waals surface area contributed by atoms with Crippen molar-refractivity contribution < 1.29 is 14.3 Å². The van der Waals surface area contributed by atoms with Crippen molar-refractivity contribution in [2.24, 2.45) is 0 Å². The highest BCUT2D eigenvalue weighted by Crippen LogP contribution is 2.20. The minimum absolute atomic E-state index is 0.0995. The molecule has 1 aliphatic rings. The number of aryl methyl sites for hydroxylation is 1. The predicted molar refractivity (Wildman–Crippen MR) is 54.6 cm³/mol. The molecule has 0 aromatic carbocycles. The van der Waals surface area contributed by atoms with Gasteiger partial charge in [0.05, 0.1) is 17.9 Å². The Kier molecular flexibility index (Phi) is 2.77. The summed E-state index contributed by atoms with van der Waals surface area (Å²) in [5.41, 5.74) is 0.610. The van der Waals surface area contributed by atoms with Crippen LogP contribution in [0.5, 0.6) is 0 Å². The molecule has 1 aromatic heterocycles. The maximum absolute atomic E-state index is 11.7. The van der Waals surface area contributed by atoms with E-state index in [0.717, 1.165) is 0 Å². The zero-order valence-electron chi connectivity index (χ0n) is 8.69. The largest absolute Gasteiger partial charge is 0.469 e. The average molecular weight is 209 g/mol. The second-order valence-electron chi connectivity index (χ2n) is 3.91. The third-order valence-electron chi connectivity index (χ3n) is 2.76. The van der Waals surface area contributed by atoms with Gasteiger partial charge in [0.15, 0.2) is 0 Å². The van der Waals surface area contributed by atoms with Crippen molar-refractivity contribution in [1.82, 2.24) is 5.32 Å². The Morgan fingerprint density at radius 3 is 3.00 bits per heavy atom. The Morgan fingerprint density at radius 2 is 2.40 bits per heavy atom. The van der Waals surface area contributed by atoms with Crippen LogP contribution in [0.1, 0.15) is 35.9 Å². The number of aliphatic hydroxyl groups excluding tert-OH is 1. The Labute approximate surface area is 88.3 Å². The molecule has 4 nitrogen and oxygen atoms in total. The summed E-state index contributed by atoms with van der Waals surface area (Å²) in [6.45, 7) is 1.95. The van der Waals surface area contributed by atoms with Gasteiger partial charge in [-0.15, -0.1) is 0 Å². The van der Waals surface area contributed by atoms with Gasteiger partial charge in [0.1, 0.15) is 5.76 Å². The van der Waals surface area contributed by atoms with Crippen molar-refractivity contribution >= 4 is 5.91 Å². The molecule has 2 rings (SSSR count). The fourth-order valence-electron chi connectivity index (χ4n) is 1.79. The predicted octanol–water partition coefficient (Wildman–Crippen LogP) is 1.10. The highest BCUT2D eigenvalue weighted by atomic mass is 16.3. The lowest BCUT2D eigenvalue weighted by molar-refractivity contribution is 0.0562. The van der Waals surface area contributed by atoms with E-state index in [1.165, 1.54) is 6.26 Å². The monoisotopic (exact) mass is 209 g/mol. The van der Waals surface area contributed by atoms with E-state index in [1.54, 1.807) is 6.07 Å². The molecule has 1 heterocycles. The summed E-state index contributed by atoms with van der Waals surface area (Å²) in [5, 5.41) is 12.0. The summed E-state index contributed by atoms with van der Waals surface area (Å²) in [6, 6.07) is 1.80. The average Bonchev–Trinajstić information content (AvgIpc) is 2.62. The fourth-order valence-corrected chi connectivity index (χ4v) is 1.79. The first-order valence-corrected chi connectivity index (χ1v) is 5.26. The lowest BCUT2D eigenvalue weighted by Crippen LogP contribution is -2.46. The van der Waals surface area contributed by atoms with E-state index in [4.69, 9.17) is 9.52 Å². The van der Waals surface area contributed by atoms with E-state index in [0.29, 0.717) is 30.6 Å². The van der Waals surface area contributed by atoms with Gasteiger partial charge in [0.2, 0.25) is 0 Å². The number of rotatable bonds is 3. The first-order valence-electron chi connectivity index (χ1n) is 5.26. The van der Waals surface area contributed by atoms with E-state index in [2.05, 4.69) is 5.32 Å². The van der Waals surface area contributed by atoms with E-state index >= 15 is 0 Å². The minimum atomic E-state index is -0.245. The third kappa shape index (κ3) is 2.04. The molecule has 0 spiro atoms. The molecular weight excluding hydrogens is 194 g/mol. The summed E-state index contributed by atoms with van der Waals surface area (Å²) >= 11 is 0. The molecule has 1 aromatic rings. The topological polar surface area (TPSA) is 62.5 Å². The van der Waals surface area contributed by atoms with E-state index in [1.807, 2.05) is 6.92 Å². The van der Waals surface area contributed by atoms with Gasteiger partial charge in [0, 0.05) is 12.5 Å². The van der Waals surface area contributed by atoms with Crippen LogP contribution in [0.3, 0.4) is 0 Å². The highest BCUT2D eigenvalue weighted by Gasteiger charge is 2.29. The Morgan fingerprint density at radius 1 is 1.67 bits per heavy atom. The number of aliphatic hydroxyl groups is 1. The van der Waals surface area contributed by atoms with Crippen LogP contribution in [0.2, 0.25) is 0 Å². The molecule has 15 heavy (non-hydrogen) atoms. The lowest BCUT2D eigenvalue weighted by Gasteiger charge is -2.31. The van der Waals surface area contributed by atoms with Crippen molar-refractivity contribution in [1.29, 1.82) is 0 Å². The highest BCUT2D eigenvalue weighted by molar-refractivity contribution is 5.95. The number of hydrogen-bond acceptors (Lipinski definition) is 3. The lowest BCUT2D eigenvalue weighted by atomic mass is 9.89. The van der Waals surface area contributed by atoms with Crippen LogP contribution in [0, 0.1) is 0 Å². The summed E-state index contributed by atoms with van der Waals surface area (Å²) < 4.78 is 5.18. The molecule has 0 saturated heterocycles. The van der Waals surface area contributed by atoms with Crippen LogP contribution in [0.15, 0.2) is 16.7 Å². The summed E-state index contributed by atoms with van der Waals surface area (Å²) in [4.78, 5) is 11.7. The van der Waals surface area contributed by atoms with E-state index < -0.39 is 0 Å². The number of carbonyl (C=O) groups is 1. The Bertz CT molecular complexity index is 352.